The van der Waals surface area contributed by atoms with Crippen LogP contribution in [0, 0.1) is 0 Å². The summed E-state index contributed by atoms with van der Waals surface area (Å²) in [5.74, 6) is 0.588. The SMILES string of the molecule is CCn1nccc1-c1nc(CC(N)=O)nn1Cc1ccc(Cl)cc1. The molecule has 8 heteroatoms. The minimum absolute atomic E-state index is 0.000873. The van der Waals surface area contributed by atoms with Gasteiger partial charge in [0.25, 0.3) is 0 Å². The van der Waals surface area contributed by atoms with E-state index < -0.39 is 5.91 Å². The summed E-state index contributed by atoms with van der Waals surface area (Å²) < 4.78 is 3.58. The summed E-state index contributed by atoms with van der Waals surface area (Å²) in [6.07, 6.45) is 1.72. The molecule has 3 aromatic rings. The first-order valence-corrected chi connectivity index (χ1v) is 7.93. The smallest absolute Gasteiger partial charge is 0.225 e. The fourth-order valence-corrected chi connectivity index (χ4v) is 2.58. The molecule has 0 fully saturated rings. The van der Waals surface area contributed by atoms with Crippen molar-refractivity contribution in [1.82, 2.24) is 24.5 Å². The van der Waals surface area contributed by atoms with Gasteiger partial charge in [0.15, 0.2) is 11.6 Å². The Morgan fingerprint density at radius 1 is 1.21 bits per heavy atom. The number of hydrogen-bond donors (Lipinski definition) is 1. The molecule has 3 rings (SSSR count). The number of nitrogens with zero attached hydrogens (tertiary/aromatic N) is 5. The zero-order valence-corrected chi connectivity index (χ0v) is 13.9. The molecule has 2 aromatic heterocycles. The van der Waals surface area contributed by atoms with Crippen LogP contribution in [0.2, 0.25) is 5.02 Å². The Hall–Kier alpha value is -2.67. The molecule has 0 bridgehead atoms. The summed E-state index contributed by atoms with van der Waals surface area (Å²) in [5.41, 5.74) is 7.14. The van der Waals surface area contributed by atoms with Crippen molar-refractivity contribution in [3.63, 3.8) is 0 Å². The zero-order valence-electron chi connectivity index (χ0n) is 13.2. The molecule has 0 aliphatic carbocycles. The second-order valence-corrected chi connectivity index (χ2v) is 5.75. The summed E-state index contributed by atoms with van der Waals surface area (Å²) in [6, 6.07) is 9.39. The molecule has 2 N–H and O–H groups in total. The summed E-state index contributed by atoms with van der Waals surface area (Å²) >= 11 is 5.93. The van der Waals surface area contributed by atoms with Crippen molar-refractivity contribution in [1.29, 1.82) is 0 Å². The Labute approximate surface area is 144 Å². The van der Waals surface area contributed by atoms with Gasteiger partial charge in [-0.15, -0.1) is 0 Å². The molecular weight excluding hydrogens is 328 g/mol. The average molecular weight is 345 g/mol. The molecular formula is C16H17ClN6O. The second kappa shape index (κ2) is 6.84. The van der Waals surface area contributed by atoms with Crippen LogP contribution in [0.3, 0.4) is 0 Å². The Balaban J connectivity index is 2.00. The van der Waals surface area contributed by atoms with Crippen molar-refractivity contribution in [3.05, 3.63) is 52.9 Å². The first-order valence-electron chi connectivity index (χ1n) is 7.55. The van der Waals surface area contributed by atoms with Crippen LogP contribution in [-0.2, 0) is 24.3 Å². The molecule has 0 aliphatic heterocycles. The second-order valence-electron chi connectivity index (χ2n) is 5.31. The maximum atomic E-state index is 11.2. The monoisotopic (exact) mass is 344 g/mol. The summed E-state index contributed by atoms with van der Waals surface area (Å²) in [5, 5.41) is 9.37. The Bertz CT molecular complexity index is 852. The first kappa shape index (κ1) is 16.2. The largest absolute Gasteiger partial charge is 0.369 e. The van der Waals surface area contributed by atoms with Crippen LogP contribution in [-0.4, -0.2) is 30.5 Å². The highest BCUT2D eigenvalue weighted by molar-refractivity contribution is 6.30. The fourth-order valence-electron chi connectivity index (χ4n) is 2.46. The van der Waals surface area contributed by atoms with E-state index in [0.29, 0.717) is 29.8 Å². The topological polar surface area (TPSA) is 91.6 Å². The predicted octanol–water partition coefficient (Wildman–Crippen LogP) is 1.89. The lowest BCUT2D eigenvalue weighted by molar-refractivity contribution is -0.117. The number of aryl methyl sites for hydroxylation is 1. The number of nitrogens with two attached hydrogens (primary N) is 1. The van der Waals surface area contributed by atoms with Crippen LogP contribution in [0.5, 0.6) is 0 Å². The van der Waals surface area contributed by atoms with Gasteiger partial charge in [0.05, 0.1) is 13.0 Å². The van der Waals surface area contributed by atoms with Crippen LogP contribution >= 0.6 is 11.6 Å². The van der Waals surface area contributed by atoms with Gasteiger partial charge in [-0.1, -0.05) is 23.7 Å². The van der Waals surface area contributed by atoms with E-state index in [4.69, 9.17) is 17.3 Å². The van der Waals surface area contributed by atoms with Gasteiger partial charge in [0.2, 0.25) is 5.91 Å². The molecule has 0 saturated heterocycles. The summed E-state index contributed by atoms with van der Waals surface area (Å²) in [6.45, 7) is 3.22. The van der Waals surface area contributed by atoms with Gasteiger partial charge in [-0.3, -0.25) is 9.48 Å². The molecule has 0 aliphatic rings. The van der Waals surface area contributed by atoms with Gasteiger partial charge in [0.1, 0.15) is 5.69 Å². The molecule has 1 amide bonds. The maximum Gasteiger partial charge on any atom is 0.225 e. The Kier molecular flexibility index (Phi) is 4.61. The maximum absolute atomic E-state index is 11.2. The highest BCUT2D eigenvalue weighted by atomic mass is 35.5. The molecule has 0 unspecified atom stereocenters. The number of primary amides is 1. The molecule has 0 radical (unpaired) electrons. The van der Waals surface area contributed by atoms with Crippen LogP contribution in [0.1, 0.15) is 18.3 Å². The molecule has 7 nitrogen and oxygen atoms in total. The van der Waals surface area contributed by atoms with E-state index in [1.807, 2.05) is 41.9 Å². The van der Waals surface area contributed by atoms with Crippen molar-refractivity contribution in [2.24, 2.45) is 5.73 Å². The van der Waals surface area contributed by atoms with Gasteiger partial charge in [-0.05, 0) is 30.7 Å². The van der Waals surface area contributed by atoms with E-state index in [-0.39, 0.29) is 6.42 Å². The van der Waals surface area contributed by atoms with Crippen molar-refractivity contribution >= 4 is 17.5 Å². The molecule has 124 valence electrons. The lowest BCUT2D eigenvalue weighted by Crippen LogP contribution is -2.15. The molecule has 24 heavy (non-hydrogen) atoms. The van der Waals surface area contributed by atoms with Crippen LogP contribution in [0.4, 0.5) is 0 Å². The molecule has 2 heterocycles. The number of aromatic nitrogens is 5. The number of halogens is 1. The summed E-state index contributed by atoms with van der Waals surface area (Å²) in [4.78, 5) is 15.7. The van der Waals surface area contributed by atoms with E-state index in [1.165, 1.54) is 0 Å². The van der Waals surface area contributed by atoms with E-state index in [0.717, 1.165) is 11.3 Å². The minimum atomic E-state index is -0.464. The van der Waals surface area contributed by atoms with Crippen LogP contribution in [0.15, 0.2) is 36.5 Å². The molecule has 0 spiro atoms. The zero-order chi connectivity index (χ0) is 17.1. The quantitative estimate of drug-likeness (QED) is 0.739. The number of rotatable bonds is 6. The predicted molar refractivity (Wildman–Crippen MR) is 90.4 cm³/mol. The van der Waals surface area contributed by atoms with Gasteiger partial charge in [0, 0.05) is 17.8 Å². The van der Waals surface area contributed by atoms with E-state index in [2.05, 4.69) is 15.2 Å². The first-order chi connectivity index (χ1) is 11.6. The Morgan fingerprint density at radius 3 is 2.62 bits per heavy atom. The van der Waals surface area contributed by atoms with Gasteiger partial charge < -0.3 is 5.73 Å². The third-order valence-electron chi connectivity index (χ3n) is 3.54. The molecule has 0 saturated carbocycles. The molecule has 0 atom stereocenters. The van der Waals surface area contributed by atoms with Gasteiger partial charge in [-0.25, -0.2) is 9.67 Å². The fraction of sp³-hybridized carbons (Fsp3) is 0.250. The minimum Gasteiger partial charge on any atom is -0.369 e. The van der Waals surface area contributed by atoms with E-state index in [1.54, 1.807) is 10.9 Å². The number of carbonyl (C=O) groups excluding carboxylic acids is 1. The number of benzene rings is 1. The van der Waals surface area contributed by atoms with Gasteiger partial charge >= 0.3 is 0 Å². The third-order valence-corrected chi connectivity index (χ3v) is 3.79. The molecule has 1 aromatic carbocycles. The van der Waals surface area contributed by atoms with Crippen molar-refractivity contribution in [2.75, 3.05) is 0 Å². The lowest BCUT2D eigenvalue weighted by Gasteiger charge is -2.07. The average Bonchev–Trinajstić information content (AvgIpc) is 3.15. The number of carbonyl (C=O) groups is 1. The van der Waals surface area contributed by atoms with Gasteiger partial charge in [-0.2, -0.15) is 10.2 Å². The number of amides is 1. The van der Waals surface area contributed by atoms with E-state index in [9.17, 15) is 4.79 Å². The van der Waals surface area contributed by atoms with Crippen molar-refractivity contribution < 1.29 is 4.79 Å². The highest BCUT2D eigenvalue weighted by Crippen LogP contribution is 2.19. The highest BCUT2D eigenvalue weighted by Gasteiger charge is 2.17. The van der Waals surface area contributed by atoms with Crippen LogP contribution < -0.4 is 5.73 Å². The Morgan fingerprint density at radius 2 is 1.96 bits per heavy atom. The third kappa shape index (κ3) is 3.46. The normalized spacial score (nSPS) is 10.9. The summed E-state index contributed by atoms with van der Waals surface area (Å²) in [7, 11) is 0. The van der Waals surface area contributed by atoms with Crippen molar-refractivity contribution in [3.8, 4) is 11.5 Å². The van der Waals surface area contributed by atoms with E-state index >= 15 is 0 Å². The van der Waals surface area contributed by atoms with Crippen LogP contribution in [0.25, 0.3) is 11.5 Å². The standard InChI is InChI=1S/C16H17ClN6O/c1-2-22-13(7-8-19-22)16-20-15(9-14(18)24)21-23(16)10-11-3-5-12(17)6-4-11/h3-8H,2,9-10H2,1H3,(H2,18,24). The lowest BCUT2D eigenvalue weighted by atomic mass is 10.2. The van der Waals surface area contributed by atoms with Crippen molar-refractivity contribution in [2.45, 2.75) is 26.4 Å². The number of hydrogen-bond acceptors (Lipinski definition) is 4.